The standard InChI is InChI=1S/C9H9F3N2OS/c10-9(11,12)8-14-5-3-1-2-4(7(13)15)6(5)16-8/h4H,1-3H2,(H2,13,15). The van der Waals surface area contributed by atoms with Crippen LogP contribution < -0.4 is 5.73 Å². The lowest BCUT2D eigenvalue weighted by atomic mass is 9.91. The molecular formula is C9H9F3N2OS. The Morgan fingerprint density at radius 3 is 2.75 bits per heavy atom. The molecule has 0 saturated carbocycles. The summed E-state index contributed by atoms with van der Waals surface area (Å²) in [6, 6.07) is 0. The molecule has 1 aliphatic carbocycles. The summed E-state index contributed by atoms with van der Waals surface area (Å²) in [6.07, 6.45) is -2.78. The van der Waals surface area contributed by atoms with Gasteiger partial charge in [-0.15, -0.1) is 11.3 Å². The number of amides is 1. The lowest BCUT2D eigenvalue weighted by Gasteiger charge is -2.17. The van der Waals surface area contributed by atoms with E-state index in [1.807, 2.05) is 0 Å². The van der Waals surface area contributed by atoms with Crippen LogP contribution in [0.25, 0.3) is 0 Å². The predicted molar refractivity (Wildman–Crippen MR) is 52.0 cm³/mol. The molecule has 0 spiro atoms. The van der Waals surface area contributed by atoms with E-state index in [0.717, 1.165) is 0 Å². The number of aromatic nitrogens is 1. The number of aryl methyl sites for hydroxylation is 1. The number of fused-ring (bicyclic) bond motifs is 1. The summed E-state index contributed by atoms with van der Waals surface area (Å²) in [6.45, 7) is 0. The van der Waals surface area contributed by atoms with Crippen LogP contribution in [0.1, 0.15) is 34.3 Å². The Labute approximate surface area is 93.5 Å². The highest BCUT2D eigenvalue weighted by Crippen LogP contribution is 2.41. The van der Waals surface area contributed by atoms with Crippen molar-refractivity contribution in [1.82, 2.24) is 4.98 Å². The van der Waals surface area contributed by atoms with Crippen molar-refractivity contribution in [2.45, 2.75) is 31.4 Å². The van der Waals surface area contributed by atoms with Crippen LogP contribution in [-0.4, -0.2) is 10.9 Å². The van der Waals surface area contributed by atoms with Gasteiger partial charge >= 0.3 is 6.18 Å². The van der Waals surface area contributed by atoms with Gasteiger partial charge in [0.2, 0.25) is 5.91 Å². The van der Waals surface area contributed by atoms with Crippen molar-refractivity contribution in [3.63, 3.8) is 0 Å². The third kappa shape index (κ3) is 1.91. The molecule has 1 aromatic heterocycles. The molecule has 0 saturated heterocycles. The number of hydrogen-bond donors (Lipinski definition) is 1. The molecule has 3 nitrogen and oxygen atoms in total. The van der Waals surface area contributed by atoms with Crippen molar-refractivity contribution in [3.05, 3.63) is 15.6 Å². The topological polar surface area (TPSA) is 56.0 Å². The molecule has 0 radical (unpaired) electrons. The Morgan fingerprint density at radius 2 is 2.19 bits per heavy atom. The number of carbonyl (C=O) groups excluding carboxylic acids is 1. The van der Waals surface area contributed by atoms with Crippen LogP contribution >= 0.6 is 11.3 Å². The summed E-state index contributed by atoms with van der Waals surface area (Å²) in [4.78, 5) is 15.0. The zero-order valence-electron chi connectivity index (χ0n) is 8.17. The molecule has 1 aliphatic rings. The molecule has 2 rings (SSSR count). The molecule has 88 valence electrons. The van der Waals surface area contributed by atoms with Gasteiger partial charge in [0.1, 0.15) is 0 Å². The molecule has 0 aliphatic heterocycles. The van der Waals surface area contributed by atoms with Gasteiger partial charge in [-0.2, -0.15) is 13.2 Å². The van der Waals surface area contributed by atoms with E-state index in [-0.39, 0.29) is 0 Å². The molecule has 1 aromatic rings. The van der Waals surface area contributed by atoms with E-state index in [2.05, 4.69) is 4.98 Å². The molecule has 1 unspecified atom stereocenters. The summed E-state index contributed by atoms with van der Waals surface area (Å²) in [5.41, 5.74) is 5.54. The molecule has 1 amide bonds. The van der Waals surface area contributed by atoms with E-state index in [4.69, 9.17) is 5.73 Å². The number of nitrogens with two attached hydrogens (primary N) is 1. The number of rotatable bonds is 1. The molecule has 2 N–H and O–H groups in total. The number of primary amides is 1. The van der Waals surface area contributed by atoms with Crippen molar-refractivity contribution in [1.29, 1.82) is 0 Å². The Bertz CT molecular complexity index is 427. The second-order valence-electron chi connectivity index (χ2n) is 3.67. The fraction of sp³-hybridized carbons (Fsp3) is 0.556. The largest absolute Gasteiger partial charge is 0.443 e. The van der Waals surface area contributed by atoms with Crippen LogP contribution in [0.3, 0.4) is 0 Å². The third-order valence-corrected chi connectivity index (χ3v) is 3.79. The molecule has 0 fully saturated rings. The van der Waals surface area contributed by atoms with Crippen LogP contribution in [0.2, 0.25) is 0 Å². The van der Waals surface area contributed by atoms with E-state index in [1.54, 1.807) is 0 Å². The smallest absolute Gasteiger partial charge is 0.369 e. The van der Waals surface area contributed by atoms with Gasteiger partial charge in [-0.3, -0.25) is 4.79 Å². The minimum atomic E-state index is -4.44. The second kappa shape index (κ2) is 3.73. The number of hydrogen-bond acceptors (Lipinski definition) is 3. The van der Waals surface area contributed by atoms with Gasteiger partial charge in [-0.05, 0) is 19.3 Å². The molecule has 1 atom stereocenters. The molecule has 16 heavy (non-hydrogen) atoms. The summed E-state index contributed by atoms with van der Waals surface area (Å²) in [5, 5.41) is -0.884. The van der Waals surface area contributed by atoms with E-state index >= 15 is 0 Å². The Hall–Kier alpha value is -1.11. The number of thiazole rings is 1. The van der Waals surface area contributed by atoms with Crippen molar-refractivity contribution in [2.24, 2.45) is 5.73 Å². The van der Waals surface area contributed by atoms with Gasteiger partial charge < -0.3 is 5.73 Å². The minimum absolute atomic E-state index is 0.382. The average Bonchev–Trinajstić information content (AvgIpc) is 2.59. The quantitative estimate of drug-likeness (QED) is 0.829. The van der Waals surface area contributed by atoms with E-state index in [0.29, 0.717) is 41.2 Å². The summed E-state index contributed by atoms with van der Waals surface area (Å²) in [5.74, 6) is -1.17. The maximum absolute atomic E-state index is 12.4. The Kier molecular flexibility index (Phi) is 2.65. The molecule has 0 aromatic carbocycles. The van der Waals surface area contributed by atoms with Gasteiger partial charge in [0.25, 0.3) is 0 Å². The van der Waals surface area contributed by atoms with E-state index < -0.39 is 23.0 Å². The zero-order valence-corrected chi connectivity index (χ0v) is 8.99. The van der Waals surface area contributed by atoms with Crippen molar-refractivity contribution < 1.29 is 18.0 Å². The molecule has 7 heteroatoms. The first kappa shape index (κ1) is 11.4. The first-order chi connectivity index (χ1) is 7.39. The van der Waals surface area contributed by atoms with Crippen molar-refractivity contribution in [2.75, 3.05) is 0 Å². The van der Waals surface area contributed by atoms with Gasteiger partial charge in [-0.1, -0.05) is 0 Å². The Morgan fingerprint density at radius 1 is 1.50 bits per heavy atom. The summed E-state index contributed by atoms with van der Waals surface area (Å²) in [7, 11) is 0. The summed E-state index contributed by atoms with van der Waals surface area (Å²) >= 11 is 0.542. The molecule has 0 bridgehead atoms. The van der Waals surface area contributed by atoms with Crippen LogP contribution in [0.5, 0.6) is 0 Å². The fourth-order valence-corrected chi connectivity index (χ4v) is 2.93. The van der Waals surface area contributed by atoms with E-state index in [1.165, 1.54) is 0 Å². The van der Waals surface area contributed by atoms with E-state index in [9.17, 15) is 18.0 Å². The van der Waals surface area contributed by atoms with Crippen molar-refractivity contribution >= 4 is 17.2 Å². The van der Waals surface area contributed by atoms with Crippen LogP contribution in [0, 0.1) is 0 Å². The van der Waals surface area contributed by atoms with Crippen molar-refractivity contribution in [3.8, 4) is 0 Å². The van der Waals surface area contributed by atoms with Crippen LogP contribution in [-0.2, 0) is 17.4 Å². The average molecular weight is 250 g/mol. The second-order valence-corrected chi connectivity index (χ2v) is 4.71. The predicted octanol–water partition coefficient (Wildman–Crippen LogP) is 2.07. The normalized spacial score (nSPS) is 20.6. The van der Waals surface area contributed by atoms with Gasteiger partial charge in [0.15, 0.2) is 5.01 Å². The van der Waals surface area contributed by atoms with Gasteiger partial charge in [0.05, 0.1) is 11.6 Å². The highest BCUT2D eigenvalue weighted by Gasteiger charge is 2.38. The fourth-order valence-electron chi connectivity index (χ4n) is 1.81. The number of nitrogens with zero attached hydrogens (tertiary/aromatic N) is 1. The summed E-state index contributed by atoms with van der Waals surface area (Å²) < 4.78 is 37.3. The molecular weight excluding hydrogens is 241 g/mol. The van der Waals surface area contributed by atoms with Crippen LogP contribution in [0.4, 0.5) is 13.2 Å². The van der Waals surface area contributed by atoms with Gasteiger partial charge in [-0.25, -0.2) is 4.98 Å². The number of halogens is 3. The lowest BCUT2D eigenvalue weighted by molar-refractivity contribution is -0.137. The number of alkyl halides is 3. The van der Waals surface area contributed by atoms with Gasteiger partial charge in [0, 0.05) is 4.88 Å². The SMILES string of the molecule is NC(=O)C1CCCc2nc(C(F)(F)F)sc21. The lowest BCUT2D eigenvalue weighted by Crippen LogP contribution is -2.23. The zero-order chi connectivity index (χ0) is 11.9. The van der Waals surface area contributed by atoms with Crippen LogP contribution in [0.15, 0.2) is 0 Å². The first-order valence-electron chi connectivity index (χ1n) is 4.75. The number of carbonyl (C=O) groups is 1. The monoisotopic (exact) mass is 250 g/mol. The Balaban J connectivity index is 2.42. The first-order valence-corrected chi connectivity index (χ1v) is 5.57. The maximum Gasteiger partial charge on any atom is 0.443 e. The minimum Gasteiger partial charge on any atom is -0.369 e. The third-order valence-electron chi connectivity index (χ3n) is 2.54. The molecule has 1 heterocycles. The highest BCUT2D eigenvalue weighted by molar-refractivity contribution is 7.12. The maximum atomic E-state index is 12.4. The highest BCUT2D eigenvalue weighted by atomic mass is 32.1.